The Morgan fingerprint density at radius 1 is 1.21 bits per heavy atom. The number of nitrogens with one attached hydrogen (secondary N) is 2. The van der Waals surface area contributed by atoms with Gasteiger partial charge in [0.1, 0.15) is 5.00 Å². The molecule has 0 saturated carbocycles. The van der Waals surface area contributed by atoms with Gasteiger partial charge in [-0.05, 0) is 75.0 Å². The molecule has 1 aromatic heterocycles. The van der Waals surface area contributed by atoms with Crippen LogP contribution in [0.15, 0.2) is 18.2 Å². The molecular weight excluding hydrogens is 412 g/mol. The predicted molar refractivity (Wildman–Crippen MR) is 122 cm³/mol. The van der Waals surface area contributed by atoms with Crippen LogP contribution < -0.4 is 10.6 Å². The summed E-state index contributed by atoms with van der Waals surface area (Å²) in [5.74, 6) is -0.273. The fourth-order valence-corrected chi connectivity index (χ4v) is 5.14. The molecule has 0 unspecified atom stereocenters. The molecule has 0 bridgehead atoms. The van der Waals surface area contributed by atoms with Gasteiger partial charge in [-0.25, -0.2) is 4.79 Å². The van der Waals surface area contributed by atoms with Gasteiger partial charge in [0.25, 0.3) is 0 Å². The lowest BCUT2D eigenvalue weighted by Crippen LogP contribution is -2.21. The van der Waals surface area contributed by atoms with Gasteiger partial charge in [-0.15, -0.1) is 11.3 Å². The molecule has 1 aromatic carbocycles. The first-order chi connectivity index (χ1) is 13.5. The highest BCUT2D eigenvalue weighted by molar-refractivity contribution is 7.80. The summed E-state index contributed by atoms with van der Waals surface area (Å²) in [6, 6.07) is 5.62. The summed E-state index contributed by atoms with van der Waals surface area (Å²) in [4.78, 5) is 14.0. The first-order valence-corrected chi connectivity index (χ1v) is 11.3. The predicted octanol–water partition coefficient (Wildman–Crippen LogP) is 6.35. The average molecular weight is 437 g/mol. The quantitative estimate of drug-likeness (QED) is 0.431. The number of thiophene rings is 1. The van der Waals surface area contributed by atoms with E-state index in [0.29, 0.717) is 22.3 Å². The number of carbonyl (C=O) groups is 1. The molecule has 0 saturated heterocycles. The number of ether oxygens (including phenoxy) is 1. The number of anilines is 2. The van der Waals surface area contributed by atoms with E-state index in [0.717, 1.165) is 47.5 Å². The van der Waals surface area contributed by atoms with Crippen LogP contribution in [0, 0.1) is 6.92 Å². The molecular formula is C21H25ClN2O2S2. The van der Waals surface area contributed by atoms with Crippen molar-refractivity contribution in [1.29, 1.82) is 0 Å². The van der Waals surface area contributed by atoms with Gasteiger partial charge < -0.3 is 15.4 Å². The third-order valence-corrected chi connectivity index (χ3v) is 6.47. The minimum Gasteiger partial charge on any atom is -0.462 e. The molecule has 0 aliphatic heterocycles. The maximum Gasteiger partial charge on any atom is 0.341 e. The second-order valence-corrected chi connectivity index (χ2v) is 8.83. The monoisotopic (exact) mass is 436 g/mol. The van der Waals surface area contributed by atoms with Crippen molar-refractivity contribution in [3.05, 3.63) is 44.8 Å². The van der Waals surface area contributed by atoms with Crippen LogP contribution in [0.3, 0.4) is 0 Å². The molecule has 150 valence electrons. The lowest BCUT2D eigenvalue weighted by molar-refractivity contribution is 0.0526. The molecule has 2 N–H and O–H groups in total. The summed E-state index contributed by atoms with van der Waals surface area (Å²) < 4.78 is 5.35. The highest BCUT2D eigenvalue weighted by Crippen LogP contribution is 2.37. The molecule has 1 aliphatic rings. The average Bonchev–Trinajstić information content (AvgIpc) is 2.94. The van der Waals surface area contributed by atoms with Crippen LogP contribution in [-0.2, 0) is 17.6 Å². The molecule has 4 nitrogen and oxygen atoms in total. The van der Waals surface area contributed by atoms with Crippen LogP contribution in [0.2, 0.25) is 5.02 Å². The van der Waals surface area contributed by atoms with E-state index in [-0.39, 0.29) is 5.97 Å². The normalized spacial score (nSPS) is 13.8. The second kappa shape index (κ2) is 9.72. The Labute approximate surface area is 180 Å². The Balaban J connectivity index is 1.87. The van der Waals surface area contributed by atoms with Crippen LogP contribution in [-0.4, -0.2) is 17.7 Å². The maximum absolute atomic E-state index is 12.7. The molecule has 3 rings (SSSR count). The third-order valence-electron chi connectivity index (χ3n) is 4.83. The van der Waals surface area contributed by atoms with Gasteiger partial charge in [0, 0.05) is 15.6 Å². The van der Waals surface area contributed by atoms with Crippen molar-refractivity contribution in [3.63, 3.8) is 0 Å². The van der Waals surface area contributed by atoms with E-state index in [4.69, 9.17) is 28.6 Å². The number of halogens is 1. The van der Waals surface area contributed by atoms with Crippen molar-refractivity contribution in [3.8, 4) is 0 Å². The van der Waals surface area contributed by atoms with E-state index >= 15 is 0 Å². The molecule has 0 amide bonds. The zero-order valence-electron chi connectivity index (χ0n) is 16.2. The number of thiocarbonyl (C=S) groups is 1. The van der Waals surface area contributed by atoms with Gasteiger partial charge in [0.2, 0.25) is 0 Å². The van der Waals surface area contributed by atoms with E-state index in [9.17, 15) is 4.79 Å². The van der Waals surface area contributed by atoms with E-state index in [1.165, 1.54) is 17.7 Å². The Bertz CT molecular complexity index is 880. The Kier molecular flexibility index (Phi) is 7.32. The summed E-state index contributed by atoms with van der Waals surface area (Å²) in [5, 5.41) is 8.27. The molecule has 0 atom stereocenters. The zero-order chi connectivity index (χ0) is 20.1. The van der Waals surface area contributed by atoms with Crippen LogP contribution in [0.5, 0.6) is 0 Å². The van der Waals surface area contributed by atoms with Gasteiger partial charge in [0.15, 0.2) is 5.11 Å². The first-order valence-electron chi connectivity index (χ1n) is 9.65. The minimum atomic E-state index is -0.273. The van der Waals surface area contributed by atoms with E-state index in [1.54, 1.807) is 11.3 Å². The van der Waals surface area contributed by atoms with Crippen LogP contribution in [0.4, 0.5) is 10.7 Å². The molecule has 2 aromatic rings. The SMILES string of the molecule is CCOC(=O)c1c(NC(=S)Nc2cc(Cl)ccc2C)sc2c1CCCCCC2. The molecule has 0 radical (unpaired) electrons. The standard InChI is InChI=1S/C21H25ClN2O2S2/c1-3-26-20(25)18-15-8-6-4-5-7-9-17(15)28-19(18)24-21(27)23-16-12-14(22)11-10-13(16)2/h10-12H,3-9H2,1-2H3,(H2,23,24,27). The Morgan fingerprint density at radius 3 is 2.71 bits per heavy atom. The van der Waals surface area contributed by atoms with Gasteiger partial charge in [-0.2, -0.15) is 0 Å². The van der Waals surface area contributed by atoms with Crippen LogP contribution in [0.25, 0.3) is 0 Å². The summed E-state index contributed by atoms with van der Waals surface area (Å²) in [6.45, 7) is 4.17. The van der Waals surface area contributed by atoms with Crippen molar-refractivity contribution in [2.45, 2.75) is 52.4 Å². The summed E-state index contributed by atoms with van der Waals surface area (Å²) in [7, 11) is 0. The topological polar surface area (TPSA) is 50.4 Å². The fourth-order valence-electron chi connectivity index (χ4n) is 3.41. The maximum atomic E-state index is 12.7. The molecule has 28 heavy (non-hydrogen) atoms. The van der Waals surface area contributed by atoms with Crippen LogP contribution >= 0.6 is 35.2 Å². The summed E-state index contributed by atoms with van der Waals surface area (Å²) in [6.07, 6.45) is 6.60. The Morgan fingerprint density at radius 2 is 1.96 bits per heavy atom. The number of esters is 1. The van der Waals surface area contributed by atoms with Crippen molar-refractivity contribution in [2.75, 3.05) is 17.2 Å². The highest BCUT2D eigenvalue weighted by Gasteiger charge is 2.25. The number of hydrogen-bond acceptors (Lipinski definition) is 4. The van der Waals surface area contributed by atoms with Crippen LogP contribution in [0.1, 0.15) is 59.0 Å². The van der Waals surface area contributed by atoms with Crippen molar-refractivity contribution in [1.82, 2.24) is 0 Å². The smallest absolute Gasteiger partial charge is 0.341 e. The van der Waals surface area contributed by atoms with Gasteiger partial charge in [0.05, 0.1) is 12.2 Å². The zero-order valence-corrected chi connectivity index (χ0v) is 18.6. The lowest BCUT2D eigenvalue weighted by atomic mass is 9.96. The summed E-state index contributed by atoms with van der Waals surface area (Å²) in [5.41, 5.74) is 3.67. The minimum absolute atomic E-state index is 0.273. The number of hydrogen-bond donors (Lipinski definition) is 2. The Hall–Kier alpha value is -1.63. The number of aryl methyl sites for hydroxylation is 2. The third kappa shape index (κ3) is 5.04. The number of fused-ring (bicyclic) bond motifs is 1. The van der Waals surface area contributed by atoms with E-state index in [1.807, 2.05) is 32.0 Å². The molecule has 0 spiro atoms. The molecule has 1 heterocycles. The van der Waals surface area contributed by atoms with E-state index in [2.05, 4.69) is 10.6 Å². The first kappa shape index (κ1) is 21.1. The van der Waals surface area contributed by atoms with Crippen molar-refractivity contribution >= 4 is 56.9 Å². The van der Waals surface area contributed by atoms with Gasteiger partial charge >= 0.3 is 5.97 Å². The molecule has 1 aliphatic carbocycles. The number of rotatable bonds is 4. The number of benzene rings is 1. The molecule has 0 fully saturated rings. The summed E-state index contributed by atoms with van der Waals surface area (Å²) >= 11 is 13.2. The van der Waals surface area contributed by atoms with E-state index < -0.39 is 0 Å². The lowest BCUT2D eigenvalue weighted by Gasteiger charge is -2.14. The van der Waals surface area contributed by atoms with Gasteiger partial charge in [-0.3, -0.25) is 0 Å². The highest BCUT2D eigenvalue weighted by atomic mass is 35.5. The molecule has 7 heteroatoms. The number of carbonyl (C=O) groups excluding carboxylic acids is 1. The second-order valence-electron chi connectivity index (χ2n) is 6.88. The largest absolute Gasteiger partial charge is 0.462 e. The van der Waals surface area contributed by atoms with Crippen molar-refractivity contribution < 1.29 is 9.53 Å². The van der Waals surface area contributed by atoms with Gasteiger partial charge in [-0.1, -0.05) is 30.5 Å². The fraction of sp³-hybridized carbons (Fsp3) is 0.429. The van der Waals surface area contributed by atoms with Crippen molar-refractivity contribution in [2.24, 2.45) is 0 Å².